The third kappa shape index (κ3) is 3.85. The minimum Gasteiger partial charge on any atom is -0.365 e. The van der Waals surface area contributed by atoms with Gasteiger partial charge in [0, 0.05) is 5.02 Å². The molecule has 0 radical (unpaired) electrons. The molecule has 0 aliphatic carbocycles. The first-order valence-electron chi connectivity index (χ1n) is 8.17. The number of hydrogen-bond donors (Lipinski definition) is 1. The average molecular weight is 398 g/mol. The van der Waals surface area contributed by atoms with Crippen LogP contribution in [-0.4, -0.2) is 17.1 Å². The number of primary amides is 1. The molecule has 0 aromatic heterocycles. The van der Waals surface area contributed by atoms with Crippen LogP contribution < -0.4 is 10.6 Å². The van der Waals surface area contributed by atoms with Gasteiger partial charge in [0.1, 0.15) is 16.7 Å². The SMILES string of the molecule is Cc1ccccc1N1C(=O)[C@H](Cc2ccc(Cl)cc2)S/C1=C(/C#N)C(N)=O. The molecular weight excluding hydrogens is 382 g/mol. The van der Waals surface area contributed by atoms with Crippen molar-refractivity contribution in [3.8, 4) is 6.07 Å². The van der Waals surface area contributed by atoms with Gasteiger partial charge in [-0.1, -0.05) is 53.7 Å². The standard InChI is InChI=1S/C20H16ClN3O2S/c1-12-4-2-3-5-16(12)24-19(26)17(10-13-6-8-14(21)9-7-13)27-20(24)15(11-22)18(23)25/h2-9,17H,10H2,1H3,(H2,23,25)/b20-15-/t17-/m0/s1. The molecule has 0 saturated carbocycles. The van der Waals surface area contributed by atoms with Crippen molar-refractivity contribution in [2.75, 3.05) is 4.90 Å². The second-order valence-electron chi connectivity index (χ2n) is 6.05. The smallest absolute Gasteiger partial charge is 0.262 e. The van der Waals surface area contributed by atoms with Gasteiger partial charge in [0.05, 0.1) is 10.9 Å². The van der Waals surface area contributed by atoms with Gasteiger partial charge in [-0.2, -0.15) is 5.26 Å². The number of nitriles is 1. The topological polar surface area (TPSA) is 87.2 Å². The molecule has 1 fully saturated rings. The summed E-state index contributed by atoms with van der Waals surface area (Å²) in [6.45, 7) is 1.87. The monoisotopic (exact) mass is 397 g/mol. The van der Waals surface area contributed by atoms with Crippen LogP contribution in [0.5, 0.6) is 0 Å². The number of hydrogen-bond acceptors (Lipinski definition) is 4. The molecule has 27 heavy (non-hydrogen) atoms. The summed E-state index contributed by atoms with van der Waals surface area (Å²) in [5.74, 6) is -1.04. The number of benzene rings is 2. The van der Waals surface area contributed by atoms with E-state index in [-0.39, 0.29) is 16.5 Å². The van der Waals surface area contributed by atoms with Gasteiger partial charge in [0.25, 0.3) is 5.91 Å². The zero-order chi connectivity index (χ0) is 19.6. The third-order valence-corrected chi connectivity index (χ3v) is 5.73. The first-order chi connectivity index (χ1) is 12.9. The number of halogens is 1. The molecule has 136 valence electrons. The fourth-order valence-corrected chi connectivity index (χ4v) is 4.30. The Kier molecular flexibility index (Phi) is 5.54. The molecule has 1 aliphatic heterocycles. The number of amides is 2. The highest BCUT2D eigenvalue weighted by Gasteiger charge is 2.40. The maximum absolute atomic E-state index is 13.2. The van der Waals surface area contributed by atoms with E-state index in [0.29, 0.717) is 17.1 Å². The van der Waals surface area contributed by atoms with E-state index in [2.05, 4.69) is 0 Å². The normalized spacial score (nSPS) is 18.3. The van der Waals surface area contributed by atoms with Crippen LogP contribution in [0.1, 0.15) is 11.1 Å². The Hall–Kier alpha value is -2.75. The Morgan fingerprint density at radius 3 is 2.52 bits per heavy atom. The van der Waals surface area contributed by atoms with Crippen LogP contribution in [0.2, 0.25) is 5.02 Å². The highest BCUT2D eigenvalue weighted by molar-refractivity contribution is 8.05. The molecule has 2 aromatic rings. The van der Waals surface area contributed by atoms with Gasteiger partial charge >= 0.3 is 0 Å². The van der Waals surface area contributed by atoms with Gasteiger partial charge in [0.15, 0.2) is 0 Å². The molecule has 1 heterocycles. The first kappa shape index (κ1) is 19.0. The molecule has 7 heteroatoms. The highest BCUT2D eigenvalue weighted by atomic mass is 35.5. The van der Waals surface area contributed by atoms with Crippen LogP contribution in [0.3, 0.4) is 0 Å². The summed E-state index contributed by atoms with van der Waals surface area (Å²) < 4.78 is 0. The summed E-state index contributed by atoms with van der Waals surface area (Å²) in [6, 6.07) is 16.4. The summed E-state index contributed by atoms with van der Waals surface area (Å²) in [5, 5.41) is 9.84. The van der Waals surface area contributed by atoms with Crippen molar-refractivity contribution in [2.45, 2.75) is 18.6 Å². The molecule has 2 aromatic carbocycles. The maximum atomic E-state index is 13.2. The zero-order valence-electron chi connectivity index (χ0n) is 14.5. The Balaban J connectivity index is 2.05. The number of nitrogens with zero attached hydrogens (tertiary/aromatic N) is 2. The van der Waals surface area contributed by atoms with Crippen molar-refractivity contribution >= 4 is 40.9 Å². The lowest BCUT2D eigenvalue weighted by molar-refractivity contribution is -0.117. The third-order valence-electron chi connectivity index (χ3n) is 4.22. The Bertz CT molecular complexity index is 979. The lowest BCUT2D eigenvalue weighted by atomic mass is 10.1. The number of thioether (sulfide) groups is 1. The molecule has 0 unspecified atom stereocenters. The predicted molar refractivity (Wildman–Crippen MR) is 107 cm³/mol. The van der Waals surface area contributed by atoms with Crippen molar-refractivity contribution in [2.24, 2.45) is 5.73 Å². The predicted octanol–water partition coefficient (Wildman–Crippen LogP) is 3.56. The van der Waals surface area contributed by atoms with E-state index >= 15 is 0 Å². The number of rotatable bonds is 4. The molecule has 3 rings (SSSR count). The second-order valence-corrected chi connectivity index (χ2v) is 7.68. The van der Waals surface area contributed by atoms with E-state index in [1.807, 2.05) is 37.3 Å². The van der Waals surface area contributed by atoms with Crippen LogP contribution in [0, 0.1) is 18.3 Å². The fourth-order valence-electron chi connectivity index (χ4n) is 2.87. The summed E-state index contributed by atoms with van der Waals surface area (Å²) >= 11 is 7.11. The van der Waals surface area contributed by atoms with E-state index in [1.165, 1.54) is 16.7 Å². The summed E-state index contributed by atoms with van der Waals surface area (Å²) in [5.41, 5.74) is 7.60. The van der Waals surface area contributed by atoms with Gasteiger partial charge in [0.2, 0.25) is 5.91 Å². The first-order valence-corrected chi connectivity index (χ1v) is 9.43. The second kappa shape index (κ2) is 7.87. The Labute approximate surface area is 166 Å². The number of para-hydroxylation sites is 1. The largest absolute Gasteiger partial charge is 0.365 e. The molecule has 1 atom stereocenters. The maximum Gasteiger partial charge on any atom is 0.262 e. The fraction of sp³-hybridized carbons (Fsp3) is 0.150. The van der Waals surface area contributed by atoms with E-state index in [0.717, 1.165) is 11.1 Å². The number of carbonyl (C=O) groups is 2. The van der Waals surface area contributed by atoms with Gasteiger partial charge in [-0.3, -0.25) is 14.5 Å². The lowest BCUT2D eigenvalue weighted by Gasteiger charge is -2.20. The molecular formula is C20H16ClN3O2S. The quantitative estimate of drug-likeness (QED) is 0.631. The van der Waals surface area contributed by atoms with E-state index in [1.54, 1.807) is 24.3 Å². The minimum absolute atomic E-state index is 0.187. The van der Waals surface area contributed by atoms with Gasteiger partial charge < -0.3 is 5.73 Å². The Morgan fingerprint density at radius 1 is 1.26 bits per heavy atom. The molecule has 1 saturated heterocycles. The Morgan fingerprint density at radius 2 is 1.93 bits per heavy atom. The molecule has 2 N–H and O–H groups in total. The highest BCUT2D eigenvalue weighted by Crippen LogP contribution is 2.42. The number of carbonyl (C=O) groups excluding carboxylic acids is 2. The van der Waals surface area contributed by atoms with Crippen LogP contribution in [0.4, 0.5) is 5.69 Å². The summed E-state index contributed by atoms with van der Waals surface area (Å²) in [6.07, 6.45) is 0.448. The van der Waals surface area contributed by atoms with Gasteiger partial charge in [-0.25, -0.2) is 0 Å². The van der Waals surface area contributed by atoms with Crippen molar-refractivity contribution < 1.29 is 9.59 Å². The molecule has 5 nitrogen and oxygen atoms in total. The van der Waals surface area contributed by atoms with Crippen LogP contribution in [0.15, 0.2) is 59.1 Å². The van der Waals surface area contributed by atoms with Crippen LogP contribution >= 0.6 is 23.4 Å². The van der Waals surface area contributed by atoms with Crippen molar-refractivity contribution in [1.82, 2.24) is 0 Å². The molecule has 0 spiro atoms. The van der Waals surface area contributed by atoms with Crippen molar-refractivity contribution in [1.29, 1.82) is 5.26 Å². The van der Waals surface area contributed by atoms with E-state index < -0.39 is 11.2 Å². The van der Waals surface area contributed by atoms with Crippen molar-refractivity contribution in [3.63, 3.8) is 0 Å². The lowest BCUT2D eigenvalue weighted by Crippen LogP contribution is -2.31. The van der Waals surface area contributed by atoms with Crippen LogP contribution in [0.25, 0.3) is 0 Å². The number of aryl methyl sites for hydroxylation is 1. The average Bonchev–Trinajstić information content (AvgIpc) is 2.94. The summed E-state index contributed by atoms with van der Waals surface area (Å²) in [4.78, 5) is 26.4. The minimum atomic E-state index is -0.849. The molecule has 0 bridgehead atoms. The van der Waals surface area contributed by atoms with Gasteiger partial charge in [-0.05, 0) is 42.7 Å². The zero-order valence-corrected chi connectivity index (χ0v) is 16.1. The van der Waals surface area contributed by atoms with E-state index in [4.69, 9.17) is 17.3 Å². The number of anilines is 1. The molecule has 1 aliphatic rings. The molecule has 2 amide bonds. The number of nitrogens with two attached hydrogens (primary N) is 1. The van der Waals surface area contributed by atoms with Crippen LogP contribution in [-0.2, 0) is 16.0 Å². The van der Waals surface area contributed by atoms with Gasteiger partial charge in [-0.15, -0.1) is 0 Å². The van der Waals surface area contributed by atoms with E-state index in [9.17, 15) is 14.9 Å². The summed E-state index contributed by atoms with van der Waals surface area (Å²) in [7, 11) is 0. The van der Waals surface area contributed by atoms with Crippen molar-refractivity contribution in [3.05, 3.63) is 75.3 Å².